The highest BCUT2D eigenvalue weighted by Gasteiger charge is 2.31. The van der Waals surface area contributed by atoms with Crippen LogP contribution in [-0.4, -0.2) is 25.1 Å². The SMILES string of the molecule is N#CCNC(=O)C(N)C[C@@H]1CCc2ccc3c(c21)CCO3. The first-order valence-corrected chi connectivity index (χ1v) is 7.38. The standard InChI is InChI=1S/C16H19N3O2/c17-6-7-19-16(20)13(18)9-11-2-1-10-3-4-14-12(15(10)11)5-8-21-14/h3-4,11,13H,1-2,5,7-9,18H2,(H,19,20)/t11-,13?/m0/s1. The minimum atomic E-state index is -0.563. The quantitative estimate of drug-likeness (QED) is 0.808. The Labute approximate surface area is 124 Å². The average molecular weight is 285 g/mol. The molecule has 3 rings (SSSR count). The molecule has 0 saturated heterocycles. The fourth-order valence-electron chi connectivity index (χ4n) is 3.46. The van der Waals surface area contributed by atoms with Gasteiger partial charge in [-0.2, -0.15) is 5.26 Å². The normalized spacial score (nSPS) is 20.1. The number of nitriles is 1. The van der Waals surface area contributed by atoms with Crippen LogP contribution in [0, 0.1) is 11.3 Å². The van der Waals surface area contributed by atoms with Gasteiger partial charge in [-0.05, 0) is 42.4 Å². The molecule has 0 bridgehead atoms. The molecule has 1 aliphatic carbocycles. The zero-order valence-corrected chi connectivity index (χ0v) is 11.9. The number of hydrogen-bond donors (Lipinski definition) is 2. The minimum Gasteiger partial charge on any atom is -0.493 e. The molecular weight excluding hydrogens is 266 g/mol. The molecule has 0 spiro atoms. The lowest BCUT2D eigenvalue weighted by Crippen LogP contribution is -2.41. The molecule has 1 unspecified atom stereocenters. The first-order chi connectivity index (χ1) is 10.2. The van der Waals surface area contributed by atoms with Crippen LogP contribution >= 0.6 is 0 Å². The monoisotopic (exact) mass is 285 g/mol. The lowest BCUT2D eigenvalue weighted by atomic mass is 9.89. The number of rotatable bonds is 4. The Hall–Kier alpha value is -2.06. The highest BCUT2D eigenvalue weighted by molar-refractivity contribution is 5.81. The number of ether oxygens (including phenoxy) is 1. The molecular formula is C16H19N3O2. The van der Waals surface area contributed by atoms with Gasteiger partial charge in [0.1, 0.15) is 12.3 Å². The molecule has 1 amide bonds. The van der Waals surface area contributed by atoms with Gasteiger partial charge in [0.25, 0.3) is 0 Å². The second kappa shape index (κ2) is 5.74. The highest BCUT2D eigenvalue weighted by Crippen LogP contribution is 2.43. The second-order valence-electron chi connectivity index (χ2n) is 5.67. The van der Waals surface area contributed by atoms with Crippen LogP contribution in [0.15, 0.2) is 12.1 Å². The molecule has 21 heavy (non-hydrogen) atoms. The summed E-state index contributed by atoms with van der Waals surface area (Å²) in [5.41, 5.74) is 10.0. The van der Waals surface area contributed by atoms with Crippen LogP contribution in [0.4, 0.5) is 0 Å². The average Bonchev–Trinajstić information content (AvgIpc) is 3.10. The van der Waals surface area contributed by atoms with Crippen LogP contribution in [0.25, 0.3) is 0 Å². The number of benzene rings is 1. The van der Waals surface area contributed by atoms with Crippen LogP contribution in [-0.2, 0) is 17.6 Å². The summed E-state index contributed by atoms with van der Waals surface area (Å²) in [7, 11) is 0. The summed E-state index contributed by atoms with van der Waals surface area (Å²) >= 11 is 0. The van der Waals surface area contributed by atoms with Gasteiger partial charge in [-0.1, -0.05) is 6.07 Å². The van der Waals surface area contributed by atoms with Gasteiger partial charge in [0.05, 0.1) is 18.7 Å². The predicted molar refractivity (Wildman–Crippen MR) is 77.9 cm³/mol. The maximum atomic E-state index is 11.8. The van der Waals surface area contributed by atoms with E-state index < -0.39 is 6.04 Å². The Morgan fingerprint density at radius 2 is 2.38 bits per heavy atom. The molecule has 110 valence electrons. The van der Waals surface area contributed by atoms with Crippen molar-refractivity contribution < 1.29 is 9.53 Å². The first-order valence-electron chi connectivity index (χ1n) is 7.38. The van der Waals surface area contributed by atoms with Crippen LogP contribution in [0.5, 0.6) is 5.75 Å². The van der Waals surface area contributed by atoms with Gasteiger partial charge in [-0.25, -0.2) is 0 Å². The Kier molecular flexibility index (Phi) is 3.80. The first kappa shape index (κ1) is 13.9. The van der Waals surface area contributed by atoms with E-state index in [9.17, 15) is 4.79 Å². The zero-order valence-electron chi connectivity index (χ0n) is 11.9. The van der Waals surface area contributed by atoms with E-state index in [1.807, 2.05) is 6.07 Å². The predicted octanol–water partition coefficient (Wildman–Crippen LogP) is 1.01. The van der Waals surface area contributed by atoms with Crippen molar-refractivity contribution in [2.75, 3.05) is 13.2 Å². The summed E-state index contributed by atoms with van der Waals surface area (Å²) in [6.45, 7) is 0.754. The van der Waals surface area contributed by atoms with Gasteiger partial charge in [0.2, 0.25) is 5.91 Å². The fourth-order valence-corrected chi connectivity index (χ4v) is 3.46. The highest BCUT2D eigenvalue weighted by atomic mass is 16.5. The number of fused-ring (bicyclic) bond motifs is 3. The Bertz CT molecular complexity index is 606. The Balaban J connectivity index is 1.74. The molecule has 3 N–H and O–H groups in total. The summed E-state index contributed by atoms with van der Waals surface area (Å²) in [5.74, 6) is 1.07. The van der Waals surface area contributed by atoms with E-state index in [1.54, 1.807) is 0 Å². The molecule has 2 aliphatic rings. The van der Waals surface area contributed by atoms with Crippen molar-refractivity contribution in [3.63, 3.8) is 0 Å². The van der Waals surface area contributed by atoms with E-state index in [0.717, 1.165) is 31.6 Å². The van der Waals surface area contributed by atoms with Crippen molar-refractivity contribution in [3.8, 4) is 11.8 Å². The largest absolute Gasteiger partial charge is 0.493 e. The molecule has 2 atom stereocenters. The number of nitrogens with one attached hydrogen (secondary N) is 1. The van der Waals surface area contributed by atoms with Crippen LogP contribution in [0.2, 0.25) is 0 Å². The van der Waals surface area contributed by atoms with Crippen molar-refractivity contribution in [1.82, 2.24) is 5.32 Å². The van der Waals surface area contributed by atoms with Gasteiger partial charge >= 0.3 is 0 Å². The third-order valence-corrected chi connectivity index (χ3v) is 4.40. The van der Waals surface area contributed by atoms with Gasteiger partial charge in [0.15, 0.2) is 0 Å². The molecule has 0 fully saturated rings. The number of nitrogens with zero attached hydrogens (tertiary/aromatic N) is 1. The van der Waals surface area contributed by atoms with Gasteiger partial charge in [-0.15, -0.1) is 0 Å². The molecule has 5 nitrogen and oxygen atoms in total. The summed E-state index contributed by atoms with van der Waals surface area (Å²) in [6.07, 6.45) is 3.65. The molecule has 1 aromatic rings. The minimum absolute atomic E-state index is 0.0109. The van der Waals surface area contributed by atoms with Crippen LogP contribution in [0.3, 0.4) is 0 Å². The third kappa shape index (κ3) is 2.59. The molecule has 1 heterocycles. The summed E-state index contributed by atoms with van der Waals surface area (Å²) in [4.78, 5) is 11.8. The molecule has 0 aromatic heterocycles. The van der Waals surface area contributed by atoms with E-state index in [1.165, 1.54) is 16.7 Å². The van der Waals surface area contributed by atoms with Crippen molar-refractivity contribution in [3.05, 3.63) is 28.8 Å². The van der Waals surface area contributed by atoms with Crippen molar-refractivity contribution >= 4 is 5.91 Å². The number of amides is 1. The third-order valence-electron chi connectivity index (χ3n) is 4.40. The van der Waals surface area contributed by atoms with Crippen LogP contribution < -0.4 is 15.8 Å². The number of hydrogen-bond acceptors (Lipinski definition) is 4. The van der Waals surface area contributed by atoms with Gasteiger partial charge in [-0.3, -0.25) is 4.79 Å². The van der Waals surface area contributed by atoms with E-state index >= 15 is 0 Å². The number of carbonyl (C=O) groups is 1. The molecule has 0 saturated carbocycles. The molecule has 1 aromatic carbocycles. The van der Waals surface area contributed by atoms with E-state index in [0.29, 0.717) is 12.3 Å². The maximum absolute atomic E-state index is 11.8. The number of aryl methyl sites for hydroxylation is 1. The van der Waals surface area contributed by atoms with E-state index in [2.05, 4.69) is 17.4 Å². The van der Waals surface area contributed by atoms with Crippen molar-refractivity contribution in [2.45, 2.75) is 37.6 Å². The van der Waals surface area contributed by atoms with Crippen LogP contribution in [0.1, 0.15) is 35.4 Å². The smallest absolute Gasteiger partial charge is 0.237 e. The van der Waals surface area contributed by atoms with Crippen molar-refractivity contribution in [2.24, 2.45) is 5.73 Å². The molecule has 1 aliphatic heterocycles. The van der Waals surface area contributed by atoms with E-state index in [4.69, 9.17) is 15.7 Å². The summed E-state index contributed by atoms with van der Waals surface area (Å²) in [5, 5.41) is 11.0. The Morgan fingerprint density at radius 3 is 3.19 bits per heavy atom. The number of nitrogens with two attached hydrogens (primary N) is 1. The lowest BCUT2D eigenvalue weighted by Gasteiger charge is -2.18. The molecule has 0 radical (unpaired) electrons. The fraction of sp³-hybridized carbons (Fsp3) is 0.500. The summed E-state index contributed by atoms with van der Waals surface area (Å²) in [6, 6.07) is 5.53. The zero-order chi connectivity index (χ0) is 14.8. The second-order valence-corrected chi connectivity index (χ2v) is 5.67. The van der Waals surface area contributed by atoms with E-state index in [-0.39, 0.29) is 12.5 Å². The topological polar surface area (TPSA) is 88.1 Å². The molecule has 5 heteroatoms. The summed E-state index contributed by atoms with van der Waals surface area (Å²) < 4.78 is 5.63. The number of carbonyl (C=O) groups excluding carboxylic acids is 1. The lowest BCUT2D eigenvalue weighted by molar-refractivity contribution is -0.122. The Morgan fingerprint density at radius 1 is 1.52 bits per heavy atom. The van der Waals surface area contributed by atoms with Gasteiger partial charge in [0, 0.05) is 12.0 Å². The van der Waals surface area contributed by atoms with Crippen molar-refractivity contribution in [1.29, 1.82) is 5.26 Å². The maximum Gasteiger partial charge on any atom is 0.237 e. The van der Waals surface area contributed by atoms with Gasteiger partial charge < -0.3 is 15.8 Å².